The van der Waals surface area contributed by atoms with Gasteiger partial charge in [-0.3, -0.25) is 9.59 Å². The van der Waals surface area contributed by atoms with Gasteiger partial charge in [-0.1, -0.05) is 0 Å². The number of thioether (sulfide) groups is 1. The standard InChI is InChI=1S/C13H17N3O2S/c1-8-6-9(12(14)17)2-3-10(8)16-13(18)11-7-19-5-4-15-11/h2-3,6,11,15H,4-5,7H2,1H3,(H2,14,17)(H,16,18). The molecule has 4 N–H and O–H groups in total. The number of hydrogen-bond donors (Lipinski definition) is 3. The second-order valence-electron chi connectivity index (χ2n) is 4.46. The summed E-state index contributed by atoms with van der Waals surface area (Å²) in [5.41, 5.74) is 7.20. The van der Waals surface area contributed by atoms with E-state index < -0.39 is 5.91 Å². The monoisotopic (exact) mass is 279 g/mol. The van der Waals surface area contributed by atoms with Gasteiger partial charge in [-0.25, -0.2) is 0 Å². The molecule has 5 nitrogen and oxygen atoms in total. The molecular formula is C13H17N3O2S. The lowest BCUT2D eigenvalue weighted by molar-refractivity contribution is -0.117. The molecule has 0 aliphatic carbocycles. The topological polar surface area (TPSA) is 84.2 Å². The molecule has 1 aliphatic heterocycles. The number of nitrogens with one attached hydrogen (secondary N) is 2. The molecule has 19 heavy (non-hydrogen) atoms. The van der Waals surface area contributed by atoms with Crippen LogP contribution in [0.1, 0.15) is 15.9 Å². The van der Waals surface area contributed by atoms with E-state index in [0.717, 1.165) is 23.6 Å². The molecule has 0 spiro atoms. The Hall–Kier alpha value is -1.53. The van der Waals surface area contributed by atoms with Crippen molar-refractivity contribution >= 4 is 29.3 Å². The Morgan fingerprint density at radius 3 is 2.84 bits per heavy atom. The quantitative estimate of drug-likeness (QED) is 0.762. The molecule has 1 heterocycles. The highest BCUT2D eigenvalue weighted by atomic mass is 32.2. The maximum Gasteiger partial charge on any atom is 0.248 e. The van der Waals surface area contributed by atoms with E-state index in [-0.39, 0.29) is 11.9 Å². The second-order valence-corrected chi connectivity index (χ2v) is 5.61. The van der Waals surface area contributed by atoms with Gasteiger partial charge in [0.15, 0.2) is 0 Å². The molecule has 1 saturated heterocycles. The van der Waals surface area contributed by atoms with E-state index in [0.29, 0.717) is 11.3 Å². The zero-order valence-electron chi connectivity index (χ0n) is 10.7. The SMILES string of the molecule is Cc1cc(C(N)=O)ccc1NC(=O)C1CSCCN1. The highest BCUT2D eigenvalue weighted by molar-refractivity contribution is 7.99. The third-order valence-corrected chi connectivity index (χ3v) is 4.07. The maximum absolute atomic E-state index is 12.1. The summed E-state index contributed by atoms with van der Waals surface area (Å²) in [6, 6.07) is 4.85. The molecular weight excluding hydrogens is 262 g/mol. The zero-order chi connectivity index (χ0) is 13.8. The van der Waals surface area contributed by atoms with Crippen molar-refractivity contribution in [2.75, 3.05) is 23.4 Å². The molecule has 1 aromatic rings. The summed E-state index contributed by atoms with van der Waals surface area (Å²) in [5, 5.41) is 6.06. The lowest BCUT2D eigenvalue weighted by atomic mass is 10.1. The first-order valence-corrected chi connectivity index (χ1v) is 7.26. The Labute approximate surface area is 116 Å². The van der Waals surface area contributed by atoms with Gasteiger partial charge in [-0.2, -0.15) is 11.8 Å². The van der Waals surface area contributed by atoms with Gasteiger partial charge in [0.25, 0.3) is 0 Å². The predicted octanol–water partition coefficient (Wildman–Crippen LogP) is 0.737. The predicted molar refractivity (Wildman–Crippen MR) is 77.4 cm³/mol. The van der Waals surface area contributed by atoms with Gasteiger partial charge in [0, 0.05) is 29.3 Å². The summed E-state index contributed by atoms with van der Waals surface area (Å²) < 4.78 is 0. The summed E-state index contributed by atoms with van der Waals surface area (Å²) in [6.45, 7) is 2.69. The minimum atomic E-state index is -0.466. The van der Waals surface area contributed by atoms with Crippen molar-refractivity contribution in [1.82, 2.24) is 5.32 Å². The molecule has 0 aromatic heterocycles. The summed E-state index contributed by atoms with van der Waals surface area (Å²) in [7, 11) is 0. The number of hydrogen-bond acceptors (Lipinski definition) is 4. The molecule has 102 valence electrons. The summed E-state index contributed by atoms with van der Waals surface area (Å²) in [5.74, 6) is 1.31. The molecule has 1 aliphatic rings. The van der Waals surface area contributed by atoms with E-state index in [9.17, 15) is 9.59 Å². The van der Waals surface area contributed by atoms with Gasteiger partial charge in [-0.05, 0) is 30.7 Å². The molecule has 1 atom stereocenters. The van der Waals surface area contributed by atoms with Crippen LogP contribution in [-0.4, -0.2) is 35.9 Å². The van der Waals surface area contributed by atoms with Crippen molar-refractivity contribution in [3.63, 3.8) is 0 Å². The number of aryl methyl sites for hydroxylation is 1. The van der Waals surface area contributed by atoms with Crippen molar-refractivity contribution in [3.05, 3.63) is 29.3 Å². The van der Waals surface area contributed by atoms with Crippen molar-refractivity contribution in [2.24, 2.45) is 5.73 Å². The van der Waals surface area contributed by atoms with Crippen LogP contribution in [0.5, 0.6) is 0 Å². The van der Waals surface area contributed by atoms with Gasteiger partial charge >= 0.3 is 0 Å². The lowest BCUT2D eigenvalue weighted by Crippen LogP contribution is -2.46. The fourth-order valence-electron chi connectivity index (χ4n) is 1.91. The molecule has 0 radical (unpaired) electrons. The first-order chi connectivity index (χ1) is 9.08. The highest BCUT2D eigenvalue weighted by Crippen LogP contribution is 2.17. The summed E-state index contributed by atoms with van der Waals surface area (Å²) in [4.78, 5) is 23.1. The van der Waals surface area contributed by atoms with Gasteiger partial charge in [0.1, 0.15) is 0 Å². The van der Waals surface area contributed by atoms with Crippen LogP contribution in [0, 0.1) is 6.92 Å². The molecule has 2 amide bonds. The average Bonchev–Trinajstić information content (AvgIpc) is 2.41. The van der Waals surface area contributed by atoms with Gasteiger partial charge in [-0.15, -0.1) is 0 Å². The van der Waals surface area contributed by atoms with Gasteiger partial charge < -0.3 is 16.4 Å². The Kier molecular flexibility index (Phi) is 4.44. The van der Waals surface area contributed by atoms with Gasteiger partial charge in [0.2, 0.25) is 11.8 Å². The molecule has 0 bridgehead atoms. The Balaban J connectivity index is 2.06. The zero-order valence-corrected chi connectivity index (χ0v) is 11.5. The van der Waals surface area contributed by atoms with Crippen LogP contribution in [0.25, 0.3) is 0 Å². The van der Waals surface area contributed by atoms with Crippen LogP contribution in [0.2, 0.25) is 0 Å². The van der Waals surface area contributed by atoms with Crippen molar-refractivity contribution < 1.29 is 9.59 Å². The lowest BCUT2D eigenvalue weighted by Gasteiger charge is -2.22. The smallest absolute Gasteiger partial charge is 0.248 e. The third-order valence-electron chi connectivity index (χ3n) is 3.01. The number of nitrogens with two attached hydrogens (primary N) is 1. The van der Waals surface area contributed by atoms with Crippen LogP contribution in [0.15, 0.2) is 18.2 Å². The van der Waals surface area contributed by atoms with Crippen LogP contribution in [0.3, 0.4) is 0 Å². The first kappa shape index (κ1) is 13.9. The van der Waals surface area contributed by atoms with E-state index in [2.05, 4.69) is 10.6 Å². The second kappa shape index (κ2) is 6.08. The number of carbonyl (C=O) groups is 2. The molecule has 1 aromatic carbocycles. The first-order valence-electron chi connectivity index (χ1n) is 6.10. The van der Waals surface area contributed by atoms with Crippen LogP contribution < -0.4 is 16.4 Å². The molecule has 1 fully saturated rings. The van der Waals surface area contributed by atoms with Gasteiger partial charge in [0.05, 0.1) is 6.04 Å². The number of rotatable bonds is 3. The van der Waals surface area contributed by atoms with E-state index in [1.165, 1.54) is 0 Å². The van der Waals surface area contributed by atoms with E-state index in [1.54, 1.807) is 30.0 Å². The minimum absolute atomic E-state index is 0.0397. The van der Waals surface area contributed by atoms with E-state index in [4.69, 9.17) is 5.73 Å². The molecule has 1 unspecified atom stereocenters. The van der Waals surface area contributed by atoms with Crippen molar-refractivity contribution in [2.45, 2.75) is 13.0 Å². The number of anilines is 1. The van der Waals surface area contributed by atoms with Crippen LogP contribution in [0.4, 0.5) is 5.69 Å². The number of primary amides is 1. The fourth-order valence-corrected chi connectivity index (χ4v) is 2.84. The Morgan fingerprint density at radius 1 is 1.47 bits per heavy atom. The summed E-state index contributed by atoms with van der Waals surface area (Å²) >= 11 is 1.77. The minimum Gasteiger partial charge on any atom is -0.366 e. The summed E-state index contributed by atoms with van der Waals surface area (Å²) in [6.07, 6.45) is 0. The van der Waals surface area contributed by atoms with Crippen molar-refractivity contribution in [3.8, 4) is 0 Å². The number of benzene rings is 1. The maximum atomic E-state index is 12.1. The highest BCUT2D eigenvalue weighted by Gasteiger charge is 2.21. The normalized spacial score (nSPS) is 18.9. The van der Waals surface area contributed by atoms with E-state index in [1.807, 2.05) is 6.92 Å². The largest absolute Gasteiger partial charge is 0.366 e. The number of amides is 2. The molecule has 2 rings (SSSR count). The molecule has 0 saturated carbocycles. The molecule has 6 heteroatoms. The van der Waals surface area contributed by atoms with Crippen LogP contribution in [-0.2, 0) is 4.79 Å². The number of carbonyl (C=O) groups excluding carboxylic acids is 2. The van der Waals surface area contributed by atoms with Crippen molar-refractivity contribution in [1.29, 1.82) is 0 Å². The van der Waals surface area contributed by atoms with Crippen LogP contribution >= 0.6 is 11.8 Å². The van der Waals surface area contributed by atoms with E-state index >= 15 is 0 Å². The Bertz CT molecular complexity index is 499. The Morgan fingerprint density at radius 2 is 2.26 bits per heavy atom. The third kappa shape index (κ3) is 3.48. The fraction of sp³-hybridized carbons (Fsp3) is 0.385. The average molecular weight is 279 g/mol.